The van der Waals surface area contributed by atoms with E-state index < -0.39 is 16.1 Å². The Morgan fingerprint density at radius 2 is 2.27 bits per heavy atom. The lowest BCUT2D eigenvalue weighted by atomic mass is 10.4. The van der Waals surface area contributed by atoms with Crippen LogP contribution in [0.25, 0.3) is 0 Å². The van der Waals surface area contributed by atoms with Crippen molar-refractivity contribution >= 4 is 10.0 Å². The van der Waals surface area contributed by atoms with E-state index in [9.17, 15) is 8.42 Å². The van der Waals surface area contributed by atoms with Crippen molar-refractivity contribution in [3.05, 3.63) is 12.4 Å². The lowest BCUT2D eigenvalue weighted by Crippen LogP contribution is -2.33. The Labute approximate surface area is 88.8 Å². The number of nitriles is 1. The molecule has 1 aromatic rings. The Hall–Kier alpha value is -1.39. The number of nitrogens with zero attached hydrogens (tertiary/aromatic N) is 4. The number of hydrogen-bond donors (Lipinski definition) is 0. The largest absolute Gasteiger partial charge is 0.274 e. The highest BCUT2D eigenvalue weighted by atomic mass is 32.2. The second-order valence-corrected chi connectivity index (χ2v) is 5.17. The van der Waals surface area contributed by atoms with Crippen molar-refractivity contribution in [2.24, 2.45) is 7.05 Å². The Morgan fingerprint density at radius 1 is 1.67 bits per heavy atom. The van der Waals surface area contributed by atoms with Crippen LogP contribution in [-0.4, -0.2) is 35.6 Å². The first kappa shape index (κ1) is 11.7. The topological polar surface area (TPSA) is 79.0 Å². The molecule has 0 bridgehead atoms. The number of aromatic nitrogens is 2. The smallest absolute Gasteiger partial charge is 0.247 e. The average molecular weight is 228 g/mol. The molecule has 0 aliphatic carbocycles. The van der Waals surface area contributed by atoms with Crippen LogP contribution in [0.4, 0.5) is 0 Å². The van der Waals surface area contributed by atoms with Crippen LogP contribution >= 0.6 is 0 Å². The van der Waals surface area contributed by atoms with E-state index in [1.807, 2.05) is 6.07 Å². The summed E-state index contributed by atoms with van der Waals surface area (Å²) >= 11 is 0. The van der Waals surface area contributed by atoms with Crippen molar-refractivity contribution in [3.8, 4) is 6.07 Å². The maximum Gasteiger partial charge on any atom is 0.247 e. The monoisotopic (exact) mass is 228 g/mol. The summed E-state index contributed by atoms with van der Waals surface area (Å²) in [5, 5.41) is 12.4. The van der Waals surface area contributed by atoms with Gasteiger partial charge >= 0.3 is 0 Å². The molecule has 0 saturated heterocycles. The Bertz CT molecular complexity index is 485. The van der Waals surface area contributed by atoms with Crippen molar-refractivity contribution < 1.29 is 8.42 Å². The standard InChI is InChI=1S/C8H12N4O2S/c1-7(4-9)12(3)15(13,14)8-5-10-11(2)6-8/h5-7H,1-3H3. The third kappa shape index (κ3) is 2.16. The van der Waals surface area contributed by atoms with Crippen LogP contribution in [0.5, 0.6) is 0 Å². The molecule has 0 saturated carbocycles. The Balaban J connectivity index is 3.10. The molecule has 1 rings (SSSR count). The van der Waals surface area contributed by atoms with Crippen molar-refractivity contribution in [3.63, 3.8) is 0 Å². The van der Waals surface area contributed by atoms with Crippen molar-refractivity contribution in [2.75, 3.05) is 7.05 Å². The van der Waals surface area contributed by atoms with E-state index in [2.05, 4.69) is 5.10 Å². The number of sulfonamides is 1. The highest BCUT2D eigenvalue weighted by molar-refractivity contribution is 7.89. The predicted octanol–water partition coefficient (Wildman–Crippen LogP) is -0.0473. The molecule has 0 fully saturated rings. The molecule has 0 aromatic carbocycles. The van der Waals surface area contributed by atoms with Gasteiger partial charge in [0.05, 0.1) is 12.3 Å². The quantitative estimate of drug-likeness (QED) is 0.726. The van der Waals surface area contributed by atoms with Crippen LogP contribution < -0.4 is 0 Å². The molecule has 0 aliphatic heterocycles. The molecule has 0 N–H and O–H groups in total. The first-order chi connectivity index (χ1) is 6.89. The van der Waals surface area contributed by atoms with Crippen LogP contribution in [0.1, 0.15) is 6.92 Å². The summed E-state index contributed by atoms with van der Waals surface area (Å²) in [4.78, 5) is 0.0922. The van der Waals surface area contributed by atoms with Crippen LogP contribution in [-0.2, 0) is 17.1 Å². The Kier molecular flexibility index (Phi) is 3.12. The summed E-state index contributed by atoms with van der Waals surface area (Å²) in [6.45, 7) is 1.52. The van der Waals surface area contributed by atoms with E-state index in [4.69, 9.17) is 5.26 Å². The number of rotatable bonds is 3. The maximum atomic E-state index is 11.9. The van der Waals surface area contributed by atoms with Gasteiger partial charge in [-0.25, -0.2) is 8.42 Å². The van der Waals surface area contributed by atoms with Gasteiger partial charge in [-0.2, -0.15) is 14.7 Å². The molecule has 6 nitrogen and oxygen atoms in total. The zero-order chi connectivity index (χ0) is 11.6. The van der Waals surface area contributed by atoms with Gasteiger partial charge in [-0.05, 0) is 6.92 Å². The van der Waals surface area contributed by atoms with Gasteiger partial charge in [0.25, 0.3) is 0 Å². The van der Waals surface area contributed by atoms with E-state index in [-0.39, 0.29) is 4.90 Å². The van der Waals surface area contributed by atoms with Gasteiger partial charge in [-0.3, -0.25) is 4.68 Å². The molecule has 0 spiro atoms. The fourth-order valence-electron chi connectivity index (χ4n) is 0.988. The summed E-state index contributed by atoms with van der Waals surface area (Å²) in [6, 6.07) is 1.17. The lowest BCUT2D eigenvalue weighted by Gasteiger charge is -2.17. The molecule has 0 aliphatic rings. The van der Waals surface area contributed by atoms with Crippen LogP contribution in [0.2, 0.25) is 0 Å². The lowest BCUT2D eigenvalue weighted by molar-refractivity contribution is 0.442. The number of hydrogen-bond acceptors (Lipinski definition) is 4. The minimum Gasteiger partial charge on any atom is -0.274 e. The van der Waals surface area contributed by atoms with Gasteiger partial charge in [0, 0.05) is 20.3 Å². The highest BCUT2D eigenvalue weighted by Crippen LogP contribution is 2.14. The van der Waals surface area contributed by atoms with Crippen LogP contribution in [0, 0.1) is 11.3 Å². The van der Waals surface area contributed by atoms with Crippen LogP contribution in [0.3, 0.4) is 0 Å². The summed E-state index contributed by atoms with van der Waals surface area (Å²) in [5.74, 6) is 0. The molecule has 1 aromatic heterocycles. The minimum atomic E-state index is -3.60. The van der Waals surface area contributed by atoms with E-state index in [1.54, 1.807) is 7.05 Å². The molecule has 1 atom stereocenters. The zero-order valence-electron chi connectivity index (χ0n) is 8.75. The third-order valence-corrected chi connectivity index (χ3v) is 3.97. The van der Waals surface area contributed by atoms with E-state index >= 15 is 0 Å². The predicted molar refractivity (Wildman–Crippen MR) is 53.2 cm³/mol. The van der Waals surface area contributed by atoms with Gasteiger partial charge in [0.1, 0.15) is 10.9 Å². The summed E-state index contributed by atoms with van der Waals surface area (Å²) < 4.78 is 26.2. The normalized spacial score (nSPS) is 13.8. The van der Waals surface area contributed by atoms with E-state index in [0.717, 1.165) is 4.31 Å². The molecular formula is C8H12N4O2S. The van der Waals surface area contributed by atoms with Gasteiger partial charge in [-0.15, -0.1) is 0 Å². The fraction of sp³-hybridized carbons (Fsp3) is 0.500. The van der Waals surface area contributed by atoms with E-state index in [1.165, 1.54) is 31.0 Å². The molecule has 0 amide bonds. The second-order valence-electron chi connectivity index (χ2n) is 3.18. The summed E-state index contributed by atoms with van der Waals surface area (Å²) in [7, 11) is -0.599. The zero-order valence-corrected chi connectivity index (χ0v) is 9.56. The Morgan fingerprint density at radius 3 is 2.67 bits per heavy atom. The van der Waals surface area contributed by atoms with Gasteiger partial charge in [-0.1, -0.05) is 0 Å². The molecule has 0 radical (unpaired) electrons. The molecule has 82 valence electrons. The summed E-state index contributed by atoms with van der Waals surface area (Å²) in [5.41, 5.74) is 0. The maximum absolute atomic E-state index is 11.9. The fourth-order valence-corrected chi connectivity index (χ4v) is 2.25. The highest BCUT2D eigenvalue weighted by Gasteiger charge is 2.26. The second kappa shape index (κ2) is 4.00. The molecule has 1 unspecified atom stereocenters. The van der Waals surface area contributed by atoms with Crippen molar-refractivity contribution in [2.45, 2.75) is 17.9 Å². The van der Waals surface area contributed by atoms with E-state index in [0.29, 0.717) is 0 Å². The van der Waals surface area contributed by atoms with Crippen LogP contribution in [0.15, 0.2) is 17.3 Å². The van der Waals surface area contributed by atoms with Crippen molar-refractivity contribution in [1.82, 2.24) is 14.1 Å². The SMILES string of the molecule is CC(C#N)N(C)S(=O)(=O)c1cnn(C)c1. The first-order valence-electron chi connectivity index (χ1n) is 4.26. The first-order valence-corrected chi connectivity index (χ1v) is 5.70. The van der Waals surface area contributed by atoms with Gasteiger partial charge in [0.2, 0.25) is 10.0 Å². The third-order valence-electron chi connectivity index (χ3n) is 2.09. The van der Waals surface area contributed by atoms with Gasteiger partial charge < -0.3 is 0 Å². The van der Waals surface area contributed by atoms with Gasteiger partial charge in [0.15, 0.2) is 0 Å². The molecule has 15 heavy (non-hydrogen) atoms. The minimum absolute atomic E-state index is 0.0922. The molecule has 7 heteroatoms. The summed E-state index contributed by atoms with van der Waals surface area (Å²) in [6.07, 6.45) is 2.66. The number of aryl methyl sites for hydroxylation is 1. The van der Waals surface area contributed by atoms with Crippen molar-refractivity contribution in [1.29, 1.82) is 5.26 Å². The molecular weight excluding hydrogens is 216 g/mol. The average Bonchev–Trinajstić information content (AvgIpc) is 2.63. The molecule has 1 heterocycles.